The number of halogens is 3. The van der Waals surface area contributed by atoms with Crippen LogP contribution in [0, 0.1) is 13.8 Å². The van der Waals surface area contributed by atoms with Crippen LogP contribution in [0.4, 0.5) is 13.2 Å². The monoisotopic (exact) mass is 475 g/mol. The van der Waals surface area contributed by atoms with Gasteiger partial charge in [0.25, 0.3) is 0 Å². The summed E-state index contributed by atoms with van der Waals surface area (Å²) < 4.78 is 35.4. The molecule has 0 bridgehead atoms. The van der Waals surface area contributed by atoms with Gasteiger partial charge < -0.3 is 5.11 Å². The molecular formula is C23H24F3N5OS. The van der Waals surface area contributed by atoms with E-state index in [0.29, 0.717) is 0 Å². The Labute approximate surface area is 193 Å². The van der Waals surface area contributed by atoms with E-state index in [2.05, 4.69) is 45.6 Å². The highest BCUT2D eigenvalue weighted by Gasteiger charge is 2.36. The van der Waals surface area contributed by atoms with E-state index in [4.69, 9.17) is 10.1 Å². The molecule has 0 fully saturated rings. The predicted octanol–water partition coefficient (Wildman–Crippen LogP) is 5.60. The second-order valence-electron chi connectivity index (χ2n) is 7.40. The molecule has 10 heteroatoms. The van der Waals surface area contributed by atoms with Crippen LogP contribution in [0.3, 0.4) is 0 Å². The van der Waals surface area contributed by atoms with E-state index >= 15 is 0 Å². The van der Waals surface area contributed by atoms with Crippen LogP contribution in [0.25, 0.3) is 33.0 Å². The Bertz CT molecular complexity index is 1220. The van der Waals surface area contributed by atoms with Gasteiger partial charge in [-0.1, -0.05) is 36.5 Å². The van der Waals surface area contributed by atoms with E-state index in [1.54, 1.807) is 11.3 Å². The summed E-state index contributed by atoms with van der Waals surface area (Å²) in [5.41, 5.74) is 6.27. The van der Waals surface area contributed by atoms with Gasteiger partial charge in [-0.2, -0.15) is 18.3 Å². The third-order valence-corrected chi connectivity index (χ3v) is 5.68. The summed E-state index contributed by atoms with van der Waals surface area (Å²) in [5.74, 6) is 0. The lowest BCUT2D eigenvalue weighted by Crippen LogP contribution is -2.27. The second kappa shape index (κ2) is 10.2. The molecule has 0 saturated carbocycles. The van der Waals surface area contributed by atoms with Crippen LogP contribution in [0.15, 0.2) is 48.8 Å². The molecule has 4 aromatic rings. The maximum Gasteiger partial charge on any atom is 0.414 e. The molecule has 1 unspecified atom stereocenters. The van der Waals surface area contributed by atoms with Gasteiger partial charge in [-0.25, -0.2) is 0 Å². The maximum absolute atomic E-state index is 11.2. The predicted molar refractivity (Wildman–Crippen MR) is 123 cm³/mol. The van der Waals surface area contributed by atoms with Gasteiger partial charge in [0, 0.05) is 35.6 Å². The lowest BCUT2D eigenvalue weighted by Gasteiger charge is -2.10. The Morgan fingerprint density at radius 2 is 1.79 bits per heavy atom. The highest BCUT2D eigenvalue weighted by Crippen LogP contribution is 2.30. The van der Waals surface area contributed by atoms with E-state index in [-0.39, 0.29) is 6.42 Å². The van der Waals surface area contributed by atoms with Gasteiger partial charge in [0.05, 0.1) is 11.9 Å². The highest BCUT2D eigenvalue weighted by molar-refractivity contribution is 7.14. The Morgan fingerprint density at radius 3 is 2.30 bits per heavy atom. The highest BCUT2D eigenvalue weighted by atomic mass is 32.1. The lowest BCUT2D eigenvalue weighted by molar-refractivity contribution is -0.204. The summed E-state index contributed by atoms with van der Waals surface area (Å²) in [7, 11) is 1.92. The van der Waals surface area contributed by atoms with E-state index in [9.17, 15) is 13.2 Å². The van der Waals surface area contributed by atoms with Crippen LogP contribution in [-0.4, -0.2) is 42.3 Å². The minimum atomic E-state index is -4.44. The first-order chi connectivity index (χ1) is 15.6. The van der Waals surface area contributed by atoms with Crippen LogP contribution in [0.2, 0.25) is 0 Å². The van der Waals surface area contributed by atoms with E-state index < -0.39 is 12.3 Å². The Kier molecular flexibility index (Phi) is 7.60. The Morgan fingerprint density at radius 1 is 1.06 bits per heavy atom. The largest absolute Gasteiger partial charge is 0.414 e. The smallest absolute Gasteiger partial charge is 0.384 e. The SMILES string of the molecule is CCC(O)C(F)(F)F.Cc1nnc(-c2ccc(-c3cccc(-c4cnn(C)c4)c3)nc2C)s1. The fourth-order valence-corrected chi connectivity index (χ4v) is 3.78. The number of benzene rings is 1. The zero-order valence-electron chi connectivity index (χ0n) is 18.6. The summed E-state index contributed by atoms with van der Waals surface area (Å²) >= 11 is 1.59. The van der Waals surface area contributed by atoms with Gasteiger partial charge in [0.2, 0.25) is 0 Å². The van der Waals surface area contributed by atoms with E-state index in [1.807, 2.05) is 44.0 Å². The average Bonchev–Trinajstić information content (AvgIpc) is 3.41. The summed E-state index contributed by atoms with van der Waals surface area (Å²) in [5, 5.41) is 22.5. The van der Waals surface area contributed by atoms with Gasteiger partial charge in [-0.3, -0.25) is 9.67 Å². The number of hydrogen-bond acceptors (Lipinski definition) is 6. The minimum absolute atomic E-state index is 0.274. The van der Waals surface area contributed by atoms with Crippen molar-refractivity contribution in [2.24, 2.45) is 7.05 Å². The third kappa shape index (κ3) is 6.23. The number of aliphatic hydroxyl groups excluding tert-OH is 1. The lowest BCUT2D eigenvalue weighted by atomic mass is 10.0. The quantitative estimate of drug-likeness (QED) is 0.416. The second-order valence-corrected chi connectivity index (χ2v) is 8.59. The summed E-state index contributed by atoms with van der Waals surface area (Å²) in [4.78, 5) is 4.79. The van der Waals surface area contributed by atoms with E-state index in [1.165, 1.54) is 6.92 Å². The molecule has 3 heterocycles. The number of pyridine rings is 1. The molecule has 0 aliphatic rings. The number of aromatic nitrogens is 5. The first kappa shape index (κ1) is 24.5. The summed E-state index contributed by atoms with van der Waals surface area (Å²) in [6.07, 6.45) is -2.97. The standard InChI is InChI=1S/C19H17N5S.C4H7F3O/c1-12-17(19-23-22-13(2)25-19)7-8-18(21-12)15-6-4-5-14(9-15)16-10-20-24(3)11-16;1-2-3(8)4(5,6)7/h4-11H,1-3H3;3,8H,2H2,1H3. The minimum Gasteiger partial charge on any atom is -0.384 e. The van der Waals surface area contributed by atoms with Gasteiger partial charge in [-0.15, -0.1) is 10.2 Å². The number of aliphatic hydroxyl groups is 1. The van der Waals surface area contributed by atoms with Gasteiger partial charge in [-0.05, 0) is 44.0 Å². The van der Waals surface area contributed by atoms with Crippen molar-refractivity contribution in [3.63, 3.8) is 0 Å². The number of nitrogens with zero attached hydrogens (tertiary/aromatic N) is 5. The summed E-state index contributed by atoms with van der Waals surface area (Å²) in [6.45, 7) is 5.25. The molecule has 174 valence electrons. The topological polar surface area (TPSA) is 76.7 Å². The molecule has 0 spiro atoms. The van der Waals surface area contributed by atoms with Crippen molar-refractivity contribution in [1.29, 1.82) is 0 Å². The number of aryl methyl sites for hydroxylation is 3. The molecule has 1 atom stereocenters. The third-order valence-electron chi connectivity index (χ3n) is 4.80. The number of alkyl halides is 3. The fraction of sp³-hybridized carbons (Fsp3) is 0.304. The van der Waals surface area contributed by atoms with Crippen molar-refractivity contribution in [2.75, 3.05) is 0 Å². The Balaban J connectivity index is 0.000000331. The number of rotatable bonds is 4. The van der Waals surface area contributed by atoms with Crippen molar-refractivity contribution >= 4 is 11.3 Å². The molecule has 1 N–H and O–H groups in total. The fourth-order valence-electron chi connectivity index (χ4n) is 3.01. The summed E-state index contributed by atoms with van der Waals surface area (Å²) in [6, 6.07) is 12.5. The molecule has 6 nitrogen and oxygen atoms in total. The van der Waals surface area contributed by atoms with Crippen LogP contribution >= 0.6 is 11.3 Å². The molecule has 0 saturated heterocycles. The van der Waals surface area contributed by atoms with Gasteiger partial charge in [0.15, 0.2) is 0 Å². The van der Waals surface area contributed by atoms with Crippen LogP contribution in [0.1, 0.15) is 24.0 Å². The molecule has 3 aromatic heterocycles. The maximum atomic E-state index is 11.2. The molecule has 0 aliphatic carbocycles. The molecule has 0 amide bonds. The van der Waals surface area contributed by atoms with Crippen molar-refractivity contribution in [2.45, 2.75) is 39.5 Å². The van der Waals surface area contributed by atoms with Gasteiger partial charge in [0.1, 0.15) is 16.1 Å². The van der Waals surface area contributed by atoms with Gasteiger partial charge >= 0.3 is 6.18 Å². The van der Waals surface area contributed by atoms with Crippen LogP contribution < -0.4 is 0 Å². The molecule has 0 aliphatic heterocycles. The molecule has 1 aromatic carbocycles. The molecule has 33 heavy (non-hydrogen) atoms. The van der Waals surface area contributed by atoms with Crippen molar-refractivity contribution < 1.29 is 18.3 Å². The van der Waals surface area contributed by atoms with Crippen molar-refractivity contribution in [3.8, 4) is 33.0 Å². The van der Waals surface area contributed by atoms with Crippen molar-refractivity contribution in [3.05, 3.63) is 59.5 Å². The molecule has 0 radical (unpaired) electrons. The molecular weight excluding hydrogens is 451 g/mol. The zero-order chi connectivity index (χ0) is 24.2. The van der Waals surface area contributed by atoms with E-state index in [0.717, 1.165) is 43.7 Å². The Hall–Kier alpha value is -3.11. The first-order valence-electron chi connectivity index (χ1n) is 10.2. The average molecular weight is 476 g/mol. The van der Waals surface area contributed by atoms with Crippen molar-refractivity contribution in [1.82, 2.24) is 25.0 Å². The van der Waals surface area contributed by atoms with Crippen LogP contribution in [-0.2, 0) is 7.05 Å². The molecule has 4 rings (SSSR count). The zero-order valence-corrected chi connectivity index (χ0v) is 19.4. The first-order valence-corrected chi connectivity index (χ1v) is 11.0. The normalized spacial score (nSPS) is 12.2. The van der Waals surface area contributed by atoms with Crippen LogP contribution in [0.5, 0.6) is 0 Å². The number of hydrogen-bond donors (Lipinski definition) is 1.